The van der Waals surface area contributed by atoms with E-state index in [0.29, 0.717) is 19.1 Å². The zero-order valence-electron chi connectivity index (χ0n) is 16.0. The summed E-state index contributed by atoms with van der Waals surface area (Å²) in [5.41, 5.74) is 4.75. The first-order valence-corrected chi connectivity index (χ1v) is 9.91. The van der Waals surface area contributed by atoms with E-state index in [1.54, 1.807) is 0 Å². The lowest BCUT2D eigenvalue weighted by Gasteiger charge is -2.25. The van der Waals surface area contributed by atoms with Crippen LogP contribution in [-0.4, -0.2) is 18.9 Å². The molecule has 1 fully saturated rings. The number of carbonyl (C=O) groups is 1. The van der Waals surface area contributed by atoms with Crippen LogP contribution in [0.2, 0.25) is 0 Å². The van der Waals surface area contributed by atoms with Crippen molar-refractivity contribution in [2.24, 2.45) is 0 Å². The average molecular weight is 371 g/mol. The summed E-state index contributed by atoms with van der Waals surface area (Å²) >= 11 is 0. The Morgan fingerprint density at radius 2 is 1.61 bits per heavy atom. The molecule has 0 spiro atoms. The Labute approximate surface area is 166 Å². The van der Waals surface area contributed by atoms with Crippen molar-refractivity contribution in [1.82, 2.24) is 0 Å². The van der Waals surface area contributed by atoms with Crippen LogP contribution >= 0.6 is 0 Å². The van der Waals surface area contributed by atoms with E-state index >= 15 is 0 Å². The smallest absolute Gasteiger partial charge is 0.122 e. The SMILES string of the molecule is O=CCC1CCCN1c1ccc(OCc2ccc(-c3ccccc3)cc2)cc1. The molecule has 4 rings (SSSR count). The summed E-state index contributed by atoms with van der Waals surface area (Å²) in [6.07, 6.45) is 3.88. The molecule has 1 unspecified atom stereocenters. The Balaban J connectivity index is 1.35. The van der Waals surface area contributed by atoms with Gasteiger partial charge in [0.15, 0.2) is 0 Å². The van der Waals surface area contributed by atoms with E-state index in [4.69, 9.17) is 4.74 Å². The largest absolute Gasteiger partial charge is 0.489 e. The topological polar surface area (TPSA) is 29.5 Å². The lowest BCUT2D eigenvalue weighted by Crippen LogP contribution is -2.29. The van der Waals surface area contributed by atoms with Gasteiger partial charge in [-0.3, -0.25) is 0 Å². The van der Waals surface area contributed by atoms with Gasteiger partial charge < -0.3 is 14.4 Å². The maximum Gasteiger partial charge on any atom is 0.122 e. The van der Waals surface area contributed by atoms with E-state index in [2.05, 4.69) is 65.6 Å². The fourth-order valence-electron chi connectivity index (χ4n) is 3.86. The van der Waals surface area contributed by atoms with E-state index in [9.17, 15) is 4.79 Å². The van der Waals surface area contributed by atoms with Crippen LogP contribution in [0.5, 0.6) is 5.75 Å². The maximum absolute atomic E-state index is 10.9. The molecule has 0 aromatic heterocycles. The number of nitrogens with zero attached hydrogens (tertiary/aromatic N) is 1. The minimum atomic E-state index is 0.340. The summed E-state index contributed by atoms with van der Waals surface area (Å²) in [7, 11) is 0. The molecule has 0 saturated carbocycles. The van der Waals surface area contributed by atoms with Gasteiger partial charge in [-0.05, 0) is 53.8 Å². The van der Waals surface area contributed by atoms with Gasteiger partial charge in [0.1, 0.15) is 18.6 Å². The molecule has 3 nitrogen and oxygen atoms in total. The van der Waals surface area contributed by atoms with Crippen molar-refractivity contribution in [3.63, 3.8) is 0 Å². The number of rotatable bonds is 7. The molecule has 3 aromatic carbocycles. The van der Waals surface area contributed by atoms with Crippen molar-refractivity contribution < 1.29 is 9.53 Å². The van der Waals surface area contributed by atoms with Crippen molar-refractivity contribution in [1.29, 1.82) is 0 Å². The summed E-state index contributed by atoms with van der Waals surface area (Å²) in [4.78, 5) is 13.2. The molecule has 28 heavy (non-hydrogen) atoms. The highest BCUT2D eigenvalue weighted by atomic mass is 16.5. The zero-order valence-corrected chi connectivity index (χ0v) is 16.0. The first-order valence-electron chi connectivity index (χ1n) is 9.91. The minimum Gasteiger partial charge on any atom is -0.489 e. The van der Waals surface area contributed by atoms with E-state index in [1.807, 2.05) is 18.2 Å². The van der Waals surface area contributed by atoms with Crippen molar-refractivity contribution in [3.05, 3.63) is 84.4 Å². The molecule has 0 bridgehead atoms. The quantitative estimate of drug-likeness (QED) is 0.514. The molecule has 1 aliphatic rings. The third-order valence-electron chi connectivity index (χ3n) is 5.38. The van der Waals surface area contributed by atoms with Crippen molar-refractivity contribution in [2.75, 3.05) is 11.4 Å². The normalized spacial score (nSPS) is 16.1. The van der Waals surface area contributed by atoms with Gasteiger partial charge in [0, 0.05) is 24.7 Å². The predicted molar refractivity (Wildman–Crippen MR) is 114 cm³/mol. The van der Waals surface area contributed by atoms with Gasteiger partial charge >= 0.3 is 0 Å². The van der Waals surface area contributed by atoms with Crippen LogP contribution in [0.4, 0.5) is 5.69 Å². The lowest BCUT2D eigenvalue weighted by molar-refractivity contribution is -0.108. The Hall–Kier alpha value is -3.07. The van der Waals surface area contributed by atoms with Gasteiger partial charge in [-0.15, -0.1) is 0 Å². The van der Waals surface area contributed by atoms with Crippen LogP contribution in [0.25, 0.3) is 11.1 Å². The standard InChI is InChI=1S/C25H25NO2/c27-18-16-23-7-4-17-26(23)24-12-14-25(15-13-24)28-19-20-8-10-22(11-9-20)21-5-2-1-3-6-21/h1-3,5-6,8-15,18,23H,4,7,16-17,19H2. The first-order chi connectivity index (χ1) is 13.8. The number of hydrogen-bond donors (Lipinski definition) is 0. The summed E-state index contributed by atoms with van der Waals surface area (Å²) in [5, 5.41) is 0. The molecule has 0 radical (unpaired) electrons. The zero-order chi connectivity index (χ0) is 19.2. The second kappa shape index (κ2) is 8.75. The number of hydrogen-bond acceptors (Lipinski definition) is 3. The molecule has 3 aromatic rings. The van der Waals surface area contributed by atoms with E-state index in [0.717, 1.165) is 37.0 Å². The predicted octanol–water partition coefficient (Wildman–Crippen LogP) is 5.49. The Kier molecular flexibility index (Phi) is 5.72. The van der Waals surface area contributed by atoms with Gasteiger partial charge in [-0.2, -0.15) is 0 Å². The van der Waals surface area contributed by atoms with Crippen molar-refractivity contribution in [3.8, 4) is 16.9 Å². The summed E-state index contributed by atoms with van der Waals surface area (Å²) < 4.78 is 5.95. The molecule has 1 atom stereocenters. The molecule has 1 saturated heterocycles. The third kappa shape index (κ3) is 4.25. The fraction of sp³-hybridized carbons (Fsp3) is 0.240. The van der Waals surface area contributed by atoms with Crippen LogP contribution in [-0.2, 0) is 11.4 Å². The first kappa shape index (κ1) is 18.3. The Bertz CT molecular complexity index is 888. The second-order valence-electron chi connectivity index (χ2n) is 7.24. The number of benzene rings is 3. The monoisotopic (exact) mass is 371 g/mol. The van der Waals surface area contributed by atoms with Crippen molar-refractivity contribution in [2.45, 2.75) is 31.9 Å². The van der Waals surface area contributed by atoms with Gasteiger partial charge in [0.05, 0.1) is 0 Å². The maximum atomic E-state index is 10.9. The molecular weight excluding hydrogens is 346 g/mol. The molecule has 0 aliphatic carbocycles. The fourth-order valence-corrected chi connectivity index (χ4v) is 3.86. The van der Waals surface area contributed by atoms with Gasteiger partial charge in [0.25, 0.3) is 0 Å². The number of ether oxygens (including phenoxy) is 1. The molecule has 1 heterocycles. The third-order valence-corrected chi connectivity index (χ3v) is 5.38. The molecule has 3 heteroatoms. The highest BCUT2D eigenvalue weighted by Crippen LogP contribution is 2.28. The number of carbonyl (C=O) groups excluding carboxylic acids is 1. The molecule has 0 N–H and O–H groups in total. The summed E-state index contributed by atoms with van der Waals surface area (Å²) in [6, 6.07) is 27.4. The molecule has 142 valence electrons. The second-order valence-corrected chi connectivity index (χ2v) is 7.24. The van der Waals surface area contributed by atoms with Crippen molar-refractivity contribution >= 4 is 12.0 Å². The lowest BCUT2D eigenvalue weighted by atomic mass is 10.0. The average Bonchev–Trinajstić information content (AvgIpc) is 3.22. The minimum absolute atomic E-state index is 0.340. The van der Waals surface area contributed by atoms with Crippen LogP contribution in [0.3, 0.4) is 0 Å². The Morgan fingerprint density at radius 1 is 0.893 bits per heavy atom. The van der Waals surface area contributed by atoms with Crippen LogP contribution in [0, 0.1) is 0 Å². The molecule has 1 aliphatic heterocycles. The van der Waals surface area contributed by atoms with E-state index < -0.39 is 0 Å². The summed E-state index contributed by atoms with van der Waals surface area (Å²) in [6.45, 7) is 1.57. The molecule has 0 amide bonds. The number of aldehydes is 1. The van der Waals surface area contributed by atoms with Gasteiger partial charge in [-0.1, -0.05) is 54.6 Å². The van der Waals surface area contributed by atoms with Crippen LogP contribution in [0.15, 0.2) is 78.9 Å². The Morgan fingerprint density at radius 3 is 2.32 bits per heavy atom. The van der Waals surface area contributed by atoms with Crippen LogP contribution in [0.1, 0.15) is 24.8 Å². The van der Waals surface area contributed by atoms with E-state index in [1.165, 1.54) is 16.8 Å². The van der Waals surface area contributed by atoms with E-state index in [-0.39, 0.29) is 0 Å². The highest BCUT2D eigenvalue weighted by molar-refractivity contribution is 5.63. The highest BCUT2D eigenvalue weighted by Gasteiger charge is 2.24. The molecular formula is C25H25NO2. The van der Waals surface area contributed by atoms with Gasteiger partial charge in [0.2, 0.25) is 0 Å². The summed E-state index contributed by atoms with van der Waals surface area (Å²) in [5.74, 6) is 0.863. The number of anilines is 1. The van der Waals surface area contributed by atoms with Gasteiger partial charge in [-0.25, -0.2) is 0 Å². The van der Waals surface area contributed by atoms with Crippen LogP contribution < -0.4 is 9.64 Å².